The predicted octanol–water partition coefficient (Wildman–Crippen LogP) is 4.97. The van der Waals surface area contributed by atoms with E-state index in [4.69, 9.17) is 23.2 Å². The van der Waals surface area contributed by atoms with Gasteiger partial charge in [0.1, 0.15) is 12.6 Å². The van der Waals surface area contributed by atoms with Crippen LogP contribution in [0.5, 0.6) is 0 Å². The lowest BCUT2D eigenvalue weighted by Gasteiger charge is -2.32. The first-order valence-corrected chi connectivity index (χ1v) is 13.7. The third-order valence-electron chi connectivity index (χ3n) is 6.01. The minimum absolute atomic E-state index is 0.0477. The number of carbonyl (C=O) groups excluding carboxylic acids is 2. The van der Waals surface area contributed by atoms with Crippen molar-refractivity contribution < 1.29 is 18.0 Å². The van der Waals surface area contributed by atoms with Gasteiger partial charge in [0.15, 0.2) is 0 Å². The Balaban J connectivity index is 2.06. The predicted molar refractivity (Wildman–Crippen MR) is 147 cm³/mol. The molecule has 0 spiro atoms. The third-order valence-corrected chi connectivity index (χ3v) is 8.51. The number of benzene rings is 3. The van der Waals surface area contributed by atoms with Gasteiger partial charge >= 0.3 is 0 Å². The Morgan fingerprint density at radius 1 is 0.892 bits per heavy atom. The second-order valence-corrected chi connectivity index (χ2v) is 11.3. The van der Waals surface area contributed by atoms with E-state index in [-0.39, 0.29) is 11.4 Å². The number of halogens is 2. The van der Waals surface area contributed by atoms with Crippen molar-refractivity contribution in [3.05, 3.63) is 93.5 Å². The van der Waals surface area contributed by atoms with E-state index in [0.717, 1.165) is 15.4 Å². The van der Waals surface area contributed by atoms with Crippen molar-refractivity contribution in [2.75, 3.05) is 17.9 Å². The van der Waals surface area contributed by atoms with Crippen molar-refractivity contribution in [3.63, 3.8) is 0 Å². The Morgan fingerprint density at radius 2 is 1.41 bits per heavy atom. The van der Waals surface area contributed by atoms with E-state index in [1.165, 1.54) is 24.1 Å². The summed E-state index contributed by atoms with van der Waals surface area (Å²) in [6.45, 7) is 4.68. The molecular formula is C27H29Cl2N3O4S. The molecule has 0 aliphatic rings. The first kappa shape index (κ1) is 28.5. The van der Waals surface area contributed by atoms with Crippen LogP contribution in [0.15, 0.2) is 71.6 Å². The van der Waals surface area contributed by atoms with Gasteiger partial charge in [-0.3, -0.25) is 13.9 Å². The molecule has 1 atom stereocenters. The molecule has 0 bridgehead atoms. The maximum absolute atomic E-state index is 13.8. The van der Waals surface area contributed by atoms with Crippen LogP contribution in [-0.4, -0.2) is 44.8 Å². The fraction of sp³-hybridized carbons (Fsp3) is 0.259. The van der Waals surface area contributed by atoms with E-state index in [9.17, 15) is 18.0 Å². The summed E-state index contributed by atoms with van der Waals surface area (Å²) in [5.74, 6) is -1.01. The van der Waals surface area contributed by atoms with E-state index in [2.05, 4.69) is 5.32 Å². The molecule has 0 aromatic heterocycles. The number of nitrogens with zero attached hydrogens (tertiary/aromatic N) is 2. The minimum Gasteiger partial charge on any atom is -0.357 e. The Morgan fingerprint density at radius 3 is 1.92 bits per heavy atom. The fourth-order valence-corrected chi connectivity index (χ4v) is 5.65. The molecule has 2 amide bonds. The quantitative estimate of drug-likeness (QED) is 0.399. The summed E-state index contributed by atoms with van der Waals surface area (Å²) in [5, 5.41) is 3.20. The highest BCUT2D eigenvalue weighted by molar-refractivity contribution is 7.92. The maximum atomic E-state index is 13.8. The van der Waals surface area contributed by atoms with Crippen LogP contribution in [0, 0.1) is 13.8 Å². The highest BCUT2D eigenvalue weighted by Gasteiger charge is 2.32. The summed E-state index contributed by atoms with van der Waals surface area (Å²) < 4.78 is 28.5. The molecule has 7 nitrogen and oxygen atoms in total. The van der Waals surface area contributed by atoms with Gasteiger partial charge in [-0.2, -0.15) is 0 Å². The third kappa shape index (κ3) is 6.63. The van der Waals surface area contributed by atoms with Crippen LogP contribution in [-0.2, 0) is 26.2 Å². The average Bonchev–Trinajstić information content (AvgIpc) is 2.87. The Hall–Kier alpha value is -3.07. The number of hydrogen-bond donors (Lipinski definition) is 1. The maximum Gasteiger partial charge on any atom is 0.264 e. The summed E-state index contributed by atoms with van der Waals surface area (Å²) in [5.41, 5.74) is 2.62. The van der Waals surface area contributed by atoms with E-state index >= 15 is 0 Å². The number of amides is 2. The van der Waals surface area contributed by atoms with Gasteiger partial charge in [0.2, 0.25) is 11.8 Å². The monoisotopic (exact) mass is 561 g/mol. The molecule has 0 aliphatic carbocycles. The molecule has 0 unspecified atom stereocenters. The summed E-state index contributed by atoms with van der Waals surface area (Å²) in [7, 11) is -2.66. The van der Waals surface area contributed by atoms with Crippen molar-refractivity contribution in [2.24, 2.45) is 0 Å². The lowest BCUT2D eigenvalue weighted by Crippen LogP contribution is -2.50. The Bertz CT molecular complexity index is 1360. The summed E-state index contributed by atoms with van der Waals surface area (Å²) in [4.78, 5) is 27.7. The highest BCUT2D eigenvalue weighted by atomic mass is 35.5. The first-order chi connectivity index (χ1) is 17.4. The molecule has 0 aliphatic heterocycles. The molecule has 37 heavy (non-hydrogen) atoms. The Kier molecular flexibility index (Phi) is 9.23. The van der Waals surface area contributed by atoms with Crippen LogP contribution in [0.25, 0.3) is 0 Å². The molecule has 3 aromatic rings. The second kappa shape index (κ2) is 12.0. The lowest BCUT2D eigenvalue weighted by molar-refractivity contribution is -0.139. The van der Waals surface area contributed by atoms with E-state index in [0.29, 0.717) is 21.3 Å². The first-order valence-electron chi connectivity index (χ1n) is 11.6. The van der Waals surface area contributed by atoms with Crippen molar-refractivity contribution in [2.45, 2.75) is 38.3 Å². The molecule has 0 saturated heterocycles. The molecular weight excluding hydrogens is 533 g/mol. The topological polar surface area (TPSA) is 86.8 Å². The van der Waals surface area contributed by atoms with Gasteiger partial charge in [-0.05, 0) is 57.2 Å². The molecule has 3 rings (SSSR count). The van der Waals surface area contributed by atoms with Crippen LogP contribution in [0.2, 0.25) is 10.0 Å². The number of aryl methyl sites for hydroxylation is 2. The number of rotatable bonds is 9. The zero-order valence-corrected chi connectivity index (χ0v) is 23.4. The van der Waals surface area contributed by atoms with Crippen LogP contribution >= 0.6 is 23.2 Å². The number of hydrogen-bond acceptors (Lipinski definition) is 4. The SMILES string of the molecule is CNC(=O)[C@@H](C)N(Cc1c(Cl)cccc1Cl)C(=O)CN(c1ccc(C)cc1)S(=O)(=O)c1ccc(C)cc1. The van der Waals surface area contributed by atoms with Gasteiger partial charge in [-0.1, -0.05) is 64.7 Å². The normalized spacial score (nSPS) is 12.1. The van der Waals surface area contributed by atoms with Gasteiger partial charge in [0.25, 0.3) is 10.0 Å². The summed E-state index contributed by atoms with van der Waals surface area (Å²) in [6, 6.07) is 17.3. The summed E-state index contributed by atoms with van der Waals surface area (Å²) >= 11 is 12.7. The van der Waals surface area contributed by atoms with Crippen LogP contribution < -0.4 is 9.62 Å². The summed E-state index contributed by atoms with van der Waals surface area (Å²) in [6.07, 6.45) is 0. The number of likely N-dealkylation sites (N-methyl/N-ethyl adjacent to an activating group) is 1. The molecule has 0 heterocycles. The fourth-order valence-electron chi connectivity index (χ4n) is 3.72. The van der Waals surface area contributed by atoms with Crippen molar-refractivity contribution in [1.82, 2.24) is 10.2 Å². The lowest BCUT2D eigenvalue weighted by atomic mass is 10.1. The zero-order valence-electron chi connectivity index (χ0n) is 21.0. The van der Waals surface area contributed by atoms with Crippen LogP contribution in [0.1, 0.15) is 23.6 Å². The smallest absolute Gasteiger partial charge is 0.264 e. The van der Waals surface area contributed by atoms with Gasteiger partial charge in [0.05, 0.1) is 10.6 Å². The van der Waals surface area contributed by atoms with Crippen molar-refractivity contribution in [3.8, 4) is 0 Å². The van der Waals surface area contributed by atoms with Gasteiger partial charge in [-0.15, -0.1) is 0 Å². The van der Waals surface area contributed by atoms with E-state index in [1.54, 1.807) is 61.5 Å². The van der Waals surface area contributed by atoms with Gasteiger partial charge in [-0.25, -0.2) is 8.42 Å². The number of carbonyl (C=O) groups is 2. The molecule has 0 radical (unpaired) electrons. The molecule has 1 N–H and O–H groups in total. The van der Waals surface area contributed by atoms with Crippen LogP contribution in [0.4, 0.5) is 5.69 Å². The molecule has 3 aromatic carbocycles. The molecule has 196 valence electrons. The number of nitrogens with one attached hydrogen (secondary N) is 1. The molecule has 0 saturated carbocycles. The molecule has 10 heteroatoms. The Labute approximate surface area is 228 Å². The van der Waals surface area contributed by atoms with Crippen molar-refractivity contribution in [1.29, 1.82) is 0 Å². The zero-order chi connectivity index (χ0) is 27.3. The standard InChI is InChI=1S/C27H29Cl2N3O4S/c1-18-8-12-21(13-9-18)32(37(35,36)22-14-10-19(2)11-15-22)17-26(33)31(20(3)27(34)30-4)16-23-24(28)6-5-7-25(23)29/h5-15,20H,16-17H2,1-4H3,(H,30,34)/t20-/m1/s1. The van der Waals surface area contributed by atoms with Crippen molar-refractivity contribution >= 4 is 50.7 Å². The van der Waals surface area contributed by atoms with Crippen LogP contribution in [0.3, 0.4) is 0 Å². The number of anilines is 1. The largest absolute Gasteiger partial charge is 0.357 e. The van der Waals surface area contributed by atoms with Gasteiger partial charge < -0.3 is 10.2 Å². The molecule has 0 fully saturated rings. The highest BCUT2D eigenvalue weighted by Crippen LogP contribution is 2.28. The minimum atomic E-state index is -4.12. The van der Waals surface area contributed by atoms with Gasteiger partial charge in [0, 0.05) is 29.2 Å². The average molecular weight is 563 g/mol. The van der Waals surface area contributed by atoms with E-state index < -0.39 is 34.4 Å². The second-order valence-electron chi connectivity index (χ2n) is 8.67. The van der Waals surface area contributed by atoms with E-state index in [1.807, 2.05) is 13.8 Å². The number of sulfonamides is 1.